The van der Waals surface area contributed by atoms with Crippen LogP contribution in [0.5, 0.6) is 0 Å². The number of nitrogens with two attached hydrogens (primary N) is 1. The summed E-state index contributed by atoms with van der Waals surface area (Å²) in [4.78, 5) is 4.44. The fourth-order valence-corrected chi connectivity index (χ4v) is 2.52. The minimum Gasteiger partial charge on any atom is -0.328 e. The molecular weight excluding hydrogens is 204 g/mol. The molecule has 0 aliphatic rings. The molecule has 15 heavy (non-hydrogen) atoms. The van der Waals surface area contributed by atoms with Crippen molar-refractivity contribution in [3.05, 3.63) is 28.8 Å². The Balaban J connectivity index is 2.22. The van der Waals surface area contributed by atoms with Gasteiger partial charge in [-0.1, -0.05) is 6.07 Å². The topological polar surface area (TPSA) is 38.9 Å². The second kappa shape index (κ2) is 4.29. The quantitative estimate of drug-likeness (QED) is 0.863. The number of thiazole rings is 1. The molecule has 0 bridgehead atoms. The third-order valence-corrected chi connectivity index (χ3v) is 3.38. The maximum atomic E-state index is 5.75. The van der Waals surface area contributed by atoms with Crippen LogP contribution in [0.3, 0.4) is 0 Å². The van der Waals surface area contributed by atoms with E-state index in [0.717, 1.165) is 23.4 Å². The van der Waals surface area contributed by atoms with Crippen molar-refractivity contribution in [2.45, 2.75) is 32.7 Å². The van der Waals surface area contributed by atoms with E-state index in [1.165, 1.54) is 10.3 Å². The van der Waals surface area contributed by atoms with E-state index in [4.69, 9.17) is 5.73 Å². The van der Waals surface area contributed by atoms with Crippen molar-refractivity contribution >= 4 is 21.6 Å². The predicted molar refractivity (Wildman–Crippen MR) is 66.3 cm³/mol. The third-order valence-electron chi connectivity index (χ3n) is 2.45. The van der Waals surface area contributed by atoms with Gasteiger partial charge in [-0.3, -0.25) is 0 Å². The summed E-state index contributed by atoms with van der Waals surface area (Å²) in [5.41, 5.74) is 8.22. The van der Waals surface area contributed by atoms with Gasteiger partial charge in [0, 0.05) is 6.04 Å². The highest BCUT2D eigenvalue weighted by Gasteiger charge is 2.02. The summed E-state index contributed by atoms with van der Waals surface area (Å²) >= 11 is 1.76. The molecule has 0 spiro atoms. The second-order valence-corrected chi connectivity index (χ2v) is 5.29. The number of rotatable bonds is 3. The molecule has 0 fully saturated rings. The lowest BCUT2D eigenvalue weighted by atomic mass is 10.1. The Morgan fingerprint density at radius 2 is 2.27 bits per heavy atom. The largest absolute Gasteiger partial charge is 0.328 e. The molecule has 2 aromatic rings. The number of benzene rings is 1. The van der Waals surface area contributed by atoms with Gasteiger partial charge in [0.2, 0.25) is 0 Å². The summed E-state index contributed by atoms with van der Waals surface area (Å²) in [7, 11) is 0. The van der Waals surface area contributed by atoms with E-state index >= 15 is 0 Å². The normalized spacial score (nSPS) is 13.3. The lowest BCUT2D eigenvalue weighted by molar-refractivity contribution is 0.666. The van der Waals surface area contributed by atoms with Crippen LogP contribution >= 0.6 is 11.3 Å². The van der Waals surface area contributed by atoms with E-state index in [9.17, 15) is 0 Å². The first-order chi connectivity index (χ1) is 7.15. The van der Waals surface area contributed by atoms with Crippen molar-refractivity contribution in [1.82, 2.24) is 4.98 Å². The van der Waals surface area contributed by atoms with Crippen LogP contribution in [0.2, 0.25) is 0 Å². The lowest BCUT2D eigenvalue weighted by Crippen LogP contribution is -2.15. The lowest BCUT2D eigenvalue weighted by Gasteiger charge is -2.04. The molecule has 1 aromatic carbocycles. The van der Waals surface area contributed by atoms with Crippen LogP contribution in [-0.4, -0.2) is 11.0 Å². The van der Waals surface area contributed by atoms with E-state index in [2.05, 4.69) is 30.1 Å². The van der Waals surface area contributed by atoms with Gasteiger partial charge in [-0.05, 0) is 44.4 Å². The van der Waals surface area contributed by atoms with E-state index in [1.807, 2.05) is 6.92 Å². The minimum absolute atomic E-state index is 0.281. The standard InChI is InChI=1S/C12H16N2S/c1-8(13)3-4-10-5-6-11-12(7-10)15-9(2)14-11/h5-8H,3-4,13H2,1-2H3. The van der Waals surface area contributed by atoms with Gasteiger partial charge in [-0.2, -0.15) is 0 Å². The summed E-state index contributed by atoms with van der Waals surface area (Å²) in [6.45, 7) is 4.10. The zero-order valence-corrected chi connectivity index (χ0v) is 9.97. The smallest absolute Gasteiger partial charge is 0.0907 e. The summed E-state index contributed by atoms with van der Waals surface area (Å²) in [5.74, 6) is 0. The van der Waals surface area contributed by atoms with E-state index < -0.39 is 0 Å². The fourth-order valence-electron chi connectivity index (χ4n) is 1.63. The Morgan fingerprint density at radius 1 is 1.47 bits per heavy atom. The molecule has 1 unspecified atom stereocenters. The zero-order chi connectivity index (χ0) is 10.8. The summed E-state index contributed by atoms with van der Waals surface area (Å²) in [6.07, 6.45) is 2.11. The molecule has 0 amide bonds. The van der Waals surface area contributed by atoms with Crippen molar-refractivity contribution in [3.8, 4) is 0 Å². The van der Waals surface area contributed by atoms with Crippen LogP contribution in [0, 0.1) is 6.92 Å². The van der Waals surface area contributed by atoms with Crippen LogP contribution in [0.15, 0.2) is 18.2 Å². The molecule has 2 nitrogen and oxygen atoms in total. The molecule has 0 saturated heterocycles. The Morgan fingerprint density at radius 3 is 3.00 bits per heavy atom. The van der Waals surface area contributed by atoms with Gasteiger partial charge in [-0.25, -0.2) is 4.98 Å². The van der Waals surface area contributed by atoms with Gasteiger partial charge in [0.1, 0.15) is 0 Å². The van der Waals surface area contributed by atoms with E-state index in [1.54, 1.807) is 11.3 Å². The number of aromatic nitrogens is 1. The molecule has 1 aromatic heterocycles. The van der Waals surface area contributed by atoms with Crippen LogP contribution in [0.4, 0.5) is 0 Å². The minimum atomic E-state index is 0.281. The first-order valence-corrected chi connectivity index (χ1v) is 6.08. The van der Waals surface area contributed by atoms with Crippen LogP contribution in [0.1, 0.15) is 23.9 Å². The molecule has 0 aliphatic heterocycles. The second-order valence-electron chi connectivity index (χ2n) is 4.05. The predicted octanol–water partition coefficient (Wildman–Crippen LogP) is 2.88. The number of hydrogen-bond acceptors (Lipinski definition) is 3. The monoisotopic (exact) mass is 220 g/mol. The molecule has 2 N–H and O–H groups in total. The highest BCUT2D eigenvalue weighted by atomic mass is 32.1. The summed E-state index contributed by atoms with van der Waals surface area (Å²) in [6, 6.07) is 6.78. The number of aryl methyl sites for hydroxylation is 2. The van der Waals surface area contributed by atoms with Crippen LogP contribution in [0.25, 0.3) is 10.2 Å². The molecule has 0 aliphatic carbocycles. The van der Waals surface area contributed by atoms with Crippen molar-refractivity contribution < 1.29 is 0 Å². The maximum Gasteiger partial charge on any atom is 0.0907 e. The molecule has 2 rings (SSSR count). The Hall–Kier alpha value is -0.930. The van der Waals surface area contributed by atoms with Crippen molar-refractivity contribution in [2.75, 3.05) is 0 Å². The third kappa shape index (κ3) is 2.55. The Kier molecular flexibility index (Phi) is 3.03. The molecule has 1 heterocycles. The Bertz CT molecular complexity index is 460. The number of hydrogen-bond donors (Lipinski definition) is 1. The van der Waals surface area contributed by atoms with Gasteiger partial charge >= 0.3 is 0 Å². The fraction of sp³-hybridized carbons (Fsp3) is 0.417. The van der Waals surface area contributed by atoms with Gasteiger partial charge in [0.05, 0.1) is 15.2 Å². The summed E-state index contributed by atoms with van der Waals surface area (Å²) in [5, 5.41) is 1.13. The molecule has 0 radical (unpaired) electrons. The average molecular weight is 220 g/mol. The molecule has 3 heteroatoms. The molecular formula is C12H16N2S. The van der Waals surface area contributed by atoms with Crippen molar-refractivity contribution in [1.29, 1.82) is 0 Å². The number of nitrogens with zero attached hydrogens (tertiary/aromatic N) is 1. The SMILES string of the molecule is Cc1nc2ccc(CCC(C)N)cc2s1. The maximum absolute atomic E-state index is 5.75. The molecule has 0 saturated carbocycles. The first kappa shape index (κ1) is 10.6. The van der Waals surface area contributed by atoms with Gasteiger partial charge in [-0.15, -0.1) is 11.3 Å². The van der Waals surface area contributed by atoms with Gasteiger partial charge in [0.25, 0.3) is 0 Å². The van der Waals surface area contributed by atoms with Crippen molar-refractivity contribution in [2.24, 2.45) is 5.73 Å². The highest BCUT2D eigenvalue weighted by Crippen LogP contribution is 2.23. The van der Waals surface area contributed by atoms with Gasteiger partial charge < -0.3 is 5.73 Å². The summed E-state index contributed by atoms with van der Waals surface area (Å²) < 4.78 is 1.29. The van der Waals surface area contributed by atoms with Gasteiger partial charge in [0.15, 0.2) is 0 Å². The molecule has 1 atom stereocenters. The van der Waals surface area contributed by atoms with Crippen molar-refractivity contribution in [3.63, 3.8) is 0 Å². The first-order valence-electron chi connectivity index (χ1n) is 5.27. The Labute approximate surface area is 94.1 Å². The molecule has 80 valence electrons. The zero-order valence-electron chi connectivity index (χ0n) is 9.16. The van der Waals surface area contributed by atoms with E-state index in [0.29, 0.717) is 0 Å². The average Bonchev–Trinajstić information content (AvgIpc) is 2.53. The van der Waals surface area contributed by atoms with Crippen LogP contribution in [-0.2, 0) is 6.42 Å². The van der Waals surface area contributed by atoms with Crippen LogP contribution < -0.4 is 5.73 Å². The van der Waals surface area contributed by atoms with E-state index in [-0.39, 0.29) is 6.04 Å². The highest BCUT2D eigenvalue weighted by molar-refractivity contribution is 7.18. The number of fused-ring (bicyclic) bond motifs is 1.